The molecule has 0 atom stereocenters. The molecule has 0 aliphatic rings. The molecule has 0 spiro atoms. The molecule has 0 fully saturated rings. The lowest BCUT2D eigenvalue weighted by Crippen LogP contribution is -2.77. The molecule has 21 heavy (non-hydrogen) atoms. The maximum absolute atomic E-state index is 9.05. The van der Waals surface area contributed by atoms with Gasteiger partial charge in [0.25, 0.3) is 0 Å². The van der Waals surface area contributed by atoms with Crippen LogP contribution in [0.25, 0.3) is 22.3 Å². The predicted octanol–water partition coefficient (Wildman–Crippen LogP) is 1.38. The molecule has 3 rings (SSSR count). The predicted molar refractivity (Wildman–Crippen MR) is 82.4 cm³/mol. The minimum Gasteiger partial charge on any atom is -0.456 e. The Kier molecular flexibility index (Phi) is 3.84. The molecule has 1 aromatic heterocycles. The summed E-state index contributed by atoms with van der Waals surface area (Å²) in [6.07, 6.45) is 0. The standard InChI is InChI=1S/C18H17NO2/c1-13-7-8-17-15(11-13)16(19-9-10-20)12-18(21-17)14-5-3-2-4-6-14/h2-8,11-12,20H,9-10H2,1H3/p+1. The number of aliphatic hydroxyl groups excluding tert-OH is 1. The van der Waals surface area contributed by atoms with Gasteiger partial charge >= 0.3 is 0 Å². The van der Waals surface area contributed by atoms with E-state index in [2.05, 4.69) is 18.0 Å². The minimum absolute atomic E-state index is 0.0972. The zero-order valence-corrected chi connectivity index (χ0v) is 12.0. The molecule has 2 aromatic carbocycles. The van der Waals surface area contributed by atoms with Crippen LogP contribution in [0.1, 0.15) is 5.56 Å². The van der Waals surface area contributed by atoms with E-state index in [0.717, 1.165) is 27.7 Å². The van der Waals surface area contributed by atoms with Gasteiger partial charge in [0.05, 0.1) is 11.5 Å². The molecule has 0 aliphatic heterocycles. The average molecular weight is 280 g/mol. The second-order valence-electron chi connectivity index (χ2n) is 5.04. The van der Waals surface area contributed by atoms with Crippen molar-refractivity contribution in [3.05, 3.63) is 65.5 Å². The van der Waals surface area contributed by atoms with Gasteiger partial charge in [-0.1, -0.05) is 42.0 Å². The normalized spacial score (nSPS) is 12.0. The second-order valence-corrected chi connectivity index (χ2v) is 5.04. The first kappa shape index (κ1) is 13.6. The van der Waals surface area contributed by atoms with Crippen molar-refractivity contribution in [2.45, 2.75) is 6.92 Å². The topological polar surface area (TPSA) is 47.3 Å². The maximum atomic E-state index is 9.05. The van der Waals surface area contributed by atoms with E-state index >= 15 is 0 Å². The van der Waals surface area contributed by atoms with Crippen LogP contribution >= 0.6 is 0 Å². The van der Waals surface area contributed by atoms with Crippen molar-refractivity contribution in [1.82, 2.24) is 0 Å². The fourth-order valence-electron chi connectivity index (χ4n) is 2.38. The van der Waals surface area contributed by atoms with Crippen LogP contribution in [0.4, 0.5) is 0 Å². The van der Waals surface area contributed by atoms with Crippen LogP contribution in [0.5, 0.6) is 0 Å². The summed E-state index contributed by atoms with van der Waals surface area (Å²) in [6, 6.07) is 18.1. The molecule has 3 nitrogen and oxygen atoms in total. The highest BCUT2D eigenvalue weighted by Crippen LogP contribution is 2.21. The van der Waals surface area contributed by atoms with Crippen LogP contribution < -0.4 is 10.3 Å². The van der Waals surface area contributed by atoms with Crippen molar-refractivity contribution in [2.24, 2.45) is 0 Å². The van der Waals surface area contributed by atoms with Crippen LogP contribution in [-0.2, 0) is 0 Å². The largest absolute Gasteiger partial charge is 0.456 e. The van der Waals surface area contributed by atoms with Crippen molar-refractivity contribution in [3.63, 3.8) is 0 Å². The molecule has 2 N–H and O–H groups in total. The first-order chi connectivity index (χ1) is 10.3. The molecule has 0 saturated carbocycles. The fourth-order valence-corrected chi connectivity index (χ4v) is 2.38. The number of benzene rings is 2. The first-order valence-electron chi connectivity index (χ1n) is 7.05. The molecule has 0 bridgehead atoms. The maximum Gasteiger partial charge on any atom is 0.213 e. The zero-order chi connectivity index (χ0) is 14.7. The van der Waals surface area contributed by atoms with Gasteiger partial charge in [0.1, 0.15) is 18.0 Å². The summed E-state index contributed by atoms with van der Waals surface area (Å²) in [5.41, 5.74) is 3.05. The Bertz CT molecular complexity index is 819. The summed E-state index contributed by atoms with van der Waals surface area (Å²) in [4.78, 5) is 3.26. The van der Waals surface area contributed by atoms with Crippen molar-refractivity contribution in [3.8, 4) is 11.3 Å². The monoisotopic (exact) mass is 280 g/mol. The molecule has 0 radical (unpaired) electrons. The van der Waals surface area contributed by atoms with Crippen LogP contribution in [0.3, 0.4) is 0 Å². The fraction of sp³-hybridized carbons (Fsp3) is 0.167. The van der Waals surface area contributed by atoms with E-state index in [1.165, 1.54) is 5.56 Å². The summed E-state index contributed by atoms with van der Waals surface area (Å²) >= 11 is 0. The summed E-state index contributed by atoms with van der Waals surface area (Å²) in [5.74, 6) is 0.812. The lowest BCUT2D eigenvalue weighted by Gasteiger charge is -2.03. The Morgan fingerprint density at radius 2 is 1.86 bits per heavy atom. The number of nitrogens with one attached hydrogen (secondary N) is 1. The number of hydrogen-bond acceptors (Lipinski definition) is 2. The molecule has 0 saturated heterocycles. The highest BCUT2D eigenvalue weighted by atomic mass is 16.3. The van der Waals surface area contributed by atoms with Gasteiger partial charge in [-0.15, -0.1) is 0 Å². The van der Waals surface area contributed by atoms with Crippen LogP contribution in [0.15, 0.2) is 59.0 Å². The number of hydrogen-bond donors (Lipinski definition) is 2. The van der Waals surface area contributed by atoms with Gasteiger partial charge in [0, 0.05) is 5.56 Å². The number of rotatable bonds is 3. The average Bonchev–Trinajstić information content (AvgIpc) is 2.53. The van der Waals surface area contributed by atoms with Crippen molar-refractivity contribution >= 4 is 11.0 Å². The SMILES string of the molecule is Cc1ccc2oc(-c3ccccc3)cc(=[NH+]CCO)c2c1. The van der Waals surface area contributed by atoms with Gasteiger partial charge < -0.3 is 9.52 Å². The Morgan fingerprint density at radius 3 is 2.62 bits per heavy atom. The van der Waals surface area contributed by atoms with E-state index in [9.17, 15) is 0 Å². The van der Waals surface area contributed by atoms with Gasteiger partial charge in [-0.3, -0.25) is 0 Å². The Morgan fingerprint density at radius 1 is 1.05 bits per heavy atom. The highest BCUT2D eigenvalue weighted by Gasteiger charge is 2.08. The smallest absolute Gasteiger partial charge is 0.213 e. The molecule has 3 aromatic rings. The minimum atomic E-state index is 0.0972. The molecule has 1 heterocycles. The van der Waals surface area contributed by atoms with E-state index in [0.29, 0.717) is 6.54 Å². The van der Waals surface area contributed by atoms with E-state index < -0.39 is 0 Å². The van der Waals surface area contributed by atoms with Crippen LogP contribution in [0.2, 0.25) is 0 Å². The molecule has 0 amide bonds. The van der Waals surface area contributed by atoms with Crippen molar-refractivity contribution in [1.29, 1.82) is 0 Å². The van der Waals surface area contributed by atoms with Crippen LogP contribution in [0, 0.1) is 6.92 Å². The molecular weight excluding hydrogens is 262 g/mol. The van der Waals surface area contributed by atoms with Gasteiger partial charge in [-0.25, -0.2) is 4.99 Å². The summed E-state index contributed by atoms with van der Waals surface area (Å²) < 4.78 is 6.02. The Hall–Kier alpha value is -2.39. The summed E-state index contributed by atoms with van der Waals surface area (Å²) in [5, 5.41) is 11.1. The van der Waals surface area contributed by atoms with Gasteiger partial charge in [0.2, 0.25) is 5.36 Å². The molecule has 0 aliphatic carbocycles. The lowest BCUT2D eigenvalue weighted by molar-refractivity contribution is -0.501. The summed E-state index contributed by atoms with van der Waals surface area (Å²) in [7, 11) is 0. The van der Waals surface area contributed by atoms with E-state index in [4.69, 9.17) is 9.52 Å². The Labute approximate surface area is 123 Å². The quantitative estimate of drug-likeness (QED) is 0.761. The molecule has 3 heteroatoms. The Balaban J connectivity index is 2.27. The van der Waals surface area contributed by atoms with Crippen molar-refractivity contribution < 1.29 is 14.5 Å². The lowest BCUT2D eigenvalue weighted by atomic mass is 10.1. The van der Waals surface area contributed by atoms with E-state index in [1.54, 1.807) is 0 Å². The third-order valence-corrected chi connectivity index (χ3v) is 3.41. The van der Waals surface area contributed by atoms with Gasteiger partial charge in [0.15, 0.2) is 6.54 Å². The molecular formula is C18H18NO2+. The molecule has 106 valence electrons. The zero-order valence-electron chi connectivity index (χ0n) is 12.0. The highest BCUT2D eigenvalue weighted by molar-refractivity contribution is 5.78. The van der Waals surface area contributed by atoms with E-state index in [-0.39, 0.29) is 6.61 Å². The van der Waals surface area contributed by atoms with E-state index in [1.807, 2.05) is 48.5 Å². The van der Waals surface area contributed by atoms with Crippen molar-refractivity contribution in [2.75, 3.05) is 13.2 Å². The second kappa shape index (κ2) is 5.94. The number of aliphatic hydroxyl groups is 1. The molecule has 0 unspecified atom stereocenters. The third-order valence-electron chi connectivity index (χ3n) is 3.41. The summed E-state index contributed by atoms with van der Waals surface area (Å²) in [6.45, 7) is 2.67. The van der Waals surface area contributed by atoms with Gasteiger partial charge in [-0.05, 0) is 19.1 Å². The number of aryl methyl sites for hydroxylation is 1. The first-order valence-corrected chi connectivity index (χ1v) is 7.05. The van der Waals surface area contributed by atoms with Gasteiger partial charge in [-0.2, -0.15) is 0 Å². The number of fused-ring (bicyclic) bond motifs is 1. The van der Waals surface area contributed by atoms with Crippen LogP contribution in [-0.4, -0.2) is 18.3 Å². The third kappa shape index (κ3) is 2.88.